The quantitative estimate of drug-likeness (QED) is 0.734. The number of carbonyl (C=O) groups excluding carboxylic acids is 1. The number of nitrogens with zero attached hydrogens (tertiary/aromatic N) is 1. The van der Waals surface area contributed by atoms with Crippen LogP contribution in [0.25, 0.3) is 0 Å². The Morgan fingerprint density at radius 2 is 2.00 bits per heavy atom. The molecule has 0 aliphatic heterocycles. The van der Waals surface area contributed by atoms with Gasteiger partial charge in [0.25, 0.3) is 0 Å². The summed E-state index contributed by atoms with van der Waals surface area (Å²) in [4.78, 5) is 12.5. The van der Waals surface area contributed by atoms with E-state index >= 15 is 0 Å². The molecule has 7 heteroatoms. The number of nitrogens with one attached hydrogen (secondary N) is 1. The molecule has 2 amide bonds. The molecule has 15 heavy (non-hydrogen) atoms. The van der Waals surface area contributed by atoms with E-state index in [1.165, 1.54) is 4.90 Å². The molecule has 0 heterocycles. The van der Waals surface area contributed by atoms with Gasteiger partial charge in [0.2, 0.25) is 0 Å². The summed E-state index contributed by atoms with van der Waals surface area (Å²) < 4.78 is 35.4. The van der Waals surface area contributed by atoms with Gasteiger partial charge in [-0.3, -0.25) is 0 Å². The van der Waals surface area contributed by atoms with Crippen molar-refractivity contribution in [2.75, 3.05) is 26.2 Å². The van der Waals surface area contributed by atoms with Gasteiger partial charge in [0.15, 0.2) is 0 Å². The lowest BCUT2D eigenvalue weighted by molar-refractivity contribution is -0.123. The van der Waals surface area contributed by atoms with Crippen molar-refractivity contribution in [2.45, 2.75) is 19.5 Å². The van der Waals surface area contributed by atoms with Gasteiger partial charge in [-0.25, -0.2) is 4.79 Å². The van der Waals surface area contributed by atoms with E-state index in [0.717, 1.165) is 0 Å². The van der Waals surface area contributed by atoms with Crippen LogP contribution in [0.15, 0.2) is 0 Å². The predicted molar refractivity (Wildman–Crippen MR) is 50.4 cm³/mol. The van der Waals surface area contributed by atoms with Crippen molar-refractivity contribution >= 4 is 6.03 Å². The standard InChI is InChI=1S/C8H16F3N3O/c1-2-4-14(5-3-12)7(15)13-6-8(9,10)11/h2-6,12H2,1H3,(H,13,15). The van der Waals surface area contributed by atoms with E-state index in [0.29, 0.717) is 13.0 Å². The van der Waals surface area contributed by atoms with Crippen molar-refractivity contribution in [1.29, 1.82) is 0 Å². The van der Waals surface area contributed by atoms with E-state index < -0.39 is 18.8 Å². The maximum atomic E-state index is 11.8. The Kier molecular flexibility index (Phi) is 6.07. The number of urea groups is 1. The maximum Gasteiger partial charge on any atom is 0.405 e. The molecule has 0 radical (unpaired) electrons. The van der Waals surface area contributed by atoms with Crippen LogP contribution in [0.5, 0.6) is 0 Å². The minimum atomic E-state index is -4.38. The second-order valence-electron chi connectivity index (χ2n) is 3.05. The van der Waals surface area contributed by atoms with E-state index in [4.69, 9.17) is 5.73 Å². The number of alkyl halides is 3. The Morgan fingerprint density at radius 3 is 2.40 bits per heavy atom. The second kappa shape index (κ2) is 6.49. The van der Waals surface area contributed by atoms with Crippen molar-refractivity contribution in [1.82, 2.24) is 10.2 Å². The number of carbonyl (C=O) groups is 1. The minimum absolute atomic E-state index is 0.236. The van der Waals surface area contributed by atoms with Crippen LogP contribution in [0, 0.1) is 0 Å². The largest absolute Gasteiger partial charge is 0.405 e. The molecule has 0 saturated heterocycles. The van der Waals surface area contributed by atoms with Crippen LogP contribution in [0.3, 0.4) is 0 Å². The van der Waals surface area contributed by atoms with Crippen molar-refractivity contribution in [2.24, 2.45) is 5.73 Å². The minimum Gasteiger partial charge on any atom is -0.329 e. The molecule has 0 spiro atoms. The highest BCUT2D eigenvalue weighted by molar-refractivity contribution is 5.74. The normalized spacial score (nSPS) is 11.3. The van der Waals surface area contributed by atoms with Crippen LogP contribution in [0.4, 0.5) is 18.0 Å². The fourth-order valence-corrected chi connectivity index (χ4v) is 1.03. The molecule has 0 rings (SSSR count). The van der Waals surface area contributed by atoms with Crippen molar-refractivity contribution in [3.63, 3.8) is 0 Å². The van der Waals surface area contributed by atoms with Gasteiger partial charge in [-0.2, -0.15) is 13.2 Å². The van der Waals surface area contributed by atoms with Crippen LogP contribution < -0.4 is 11.1 Å². The summed E-state index contributed by atoms with van der Waals surface area (Å²) in [6.45, 7) is 1.43. The van der Waals surface area contributed by atoms with Gasteiger partial charge in [-0.1, -0.05) is 6.92 Å². The number of rotatable bonds is 5. The number of halogens is 3. The summed E-state index contributed by atoms with van der Waals surface area (Å²) >= 11 is 0. The Hall–Kier alpha value is -0.980. The highest BCUT2D eigenvalue weighted by Gasteiger charge is 2.28. The summed E-state index contributed by atoms with van der Waals surface area (Å²) in [7, 11) is 0. The molecule has 0 aromatic carbocycles. The molecule has 0 fully saturated rings. The Labute approximate surface area is 86.6 Å². The molecule has 3 N–H and O–H groups in total. The van der Waals surface area contributed by atoms with E-state index in [9.17, 15) is 18.0 Å². The summed E-state index contributed by atoms with van der Waals surface area (Å²) in [5, 5.41) is 1.80. The molecular formula is C8H16F3N3O. The molecule has 0 bridgehead atoms. The SMILES string of the molecule is CCCN(CCN)C(=O)NCC(F)(F)F. The average molecular weight is 227 g/mol. The zero-order valence-corrected chi connectivity index (χ0v) is 8.60. The number of nitrogens with two attached hydrogens (primary N) is 1. The van der Waals surface area contributed by atoms with Crippen LogP contribution in [0.2, 0.25) is 0 Å². The summed E-state index contributed by atoms with van der Waals surface area (Å²) in [6.07, 6.45) is -3.70. The molecule has 0 aliphatic rings. The lowest BCUT2D eigenvalue weighted by Gasteiger charge is -2.22. The van der Waals surface area contributed by atoms with Crippen molar-refractivity contribution in [3.8, 4) is 0 Å². The van der Waals surface area contributed by atoms with E-state index in [-0.39, 0.29) is 13.1 Å². The highest BCUT2D eigenvalue weighted by atomic mass is 19.4. The van der Waals surface area contributed by atoms with Crippen LogP contribution in [-0.4, -0.2) is 43.3 Å². The van der Waals surface area contributed by atoms with Gasteiger partial charge in [-0.15, -0.1) is 0 Å². The van der Waals surface area contributed by atoms with Gasteiger partial charge < -0.3 is 16.0 Å². The fourth-order valence-electron chi connectivity index (χ4n) is 1.03. The topological polar surface area (TPSA) is 58.4 Å². The molecule has 0 aromatic heterocycles. The fraction of sp³-hybridized carbons (Fsp3) is 0.875. The maximum absolute atomic E-state index is 11.8. The lowest BCUT2D eigenvalue weighted by Crippen LogP contribution is -2.45. The number of hydrogen-bond acceptors (Lipinski definition) is 2. The summed E-state index contributed by atoms with van der Waals surface area (Å²) in [5.41, 5.74) is 5.24. The Morgan fingerprint density at radius 1 is 1.40 bits per heavy atom. The summed E-state index contributed by atoms with van der Waals surface area (Å²) in [5.74, 6) is 0. The first-order valence-corrected chi connectivity index (χ1v) is 4.70. The molecule has 90 valence electrons. The third-order valence-electron chi connectivity index (χ3n) is 1.62. The molecule has 0 saturated carbocycles. The monoisotopic (exact) mass is 227 g/mol. The third-order valence-corrected chi connectivity index (χ3v) is 1.62. The van der Waals surface area contributed by atoms with Crippen LogP contribution in [0.1, 0.15) is 13.3 Å². The van der Waals surface area contributed by atoms with Gasteiger partial charge in [0.1, 0.15) is 6.54 Å². The first-order valence-electron chi connectivity index (χ1n) is 4.70. The predicted octanol–water partition coefficient (Wildman–Crippen LogP) is 0.929. The zero-order valence-electron chi connectivity index (χ0n) is 8.60. The smallest absolute Gasteiger partial charge is 0.329 e. The molecule has 4 nitrogen and oxygen atoms in total. The third kappa shape index (κ3) is 7.01. The van der Waals surface area contributed by atoms with Gasteiger partial charge in [0.05, 0.1) is 0 Å². The highest BCUT2D eigenvalue weighted by Crippen LogP contribution is 2.12. The Balaban J connectivity index is 4.02. The van der Waals surface area contributed by atoms with Crippen LogP contribution in [-0.2, 0) is 0 Å². The van der Waals surface area contributed by atoms with E-state index in [1.807, 2.05) is 6.92 Å². The van der Waals surface area contributed by atoms with Crippen molar-refractivity contribution in [3.05, 3.63) is 0 Å². The van der Waals surface area contributed by atoms with E-state index in [1.54, 1.807) is 5.32 Å². The molecular weight excluding hydrogens is 211 g/mol. The van der Waals surface area contributed by atoms with Crippen LogP contribution >= 0.6 is 0 Å². The lowest BCUT2D eigenvalue weighted by atomic mass is 10.4. The molecule has 0 atom stereocenters. The molecule has 0 aromatic rings. The van der Waals surface area contributed by atoms with E-state index in [2.05, 4.69) is 0 Å². The first-order chi connectivity index (χ1) is 6.90. The van der Waals surface area contributed by atoms with Gasteiger partial charge >= 0.3 is 12.2 Å². The summed E-state index contributed by atoms with van der Waals surface area (Å²) in [6, 6.07) is -0.723. The zero-order chi connectivity index (χ0) is 11.9. The number of hydrogen-bond donors (Lipinski definition) is 2. The first kappa shape index (κ1) is 14.0. The number of amides is 2. The van der Waals surface area contributed by atoms with Gasteiger partial charge in [0, 0.05) is 19.6 Å². The van der Waals surface area contributed by atoms with Crippen molar-refractivity contribution < 1.29 is 18.0 Å². The second-order valence-corrected chi connectivity index (χ2v) is 3.05. The molecule has 0 unspecified atom stereocenters. The Bertz CT molecular complexity index is 190. The average Bonchev–Trinajstić information content (AvgIpc) is 2.13. The van der Waals surface area contributed by atoms with Gasteiger partial charge in [-0.05, 0) is 6.42 Å². The molecule has 0 aliphatic carbocycles.